The minimum Gasteiger partial charge on any atom is -0.489 e. The van der Waals surface area contributed by atoms with Gasteiger partial charge in [0.25, 0.3) is 0 Å². The molecule has 182 valence electrons. The van der Waals surface area contributed by atoms with E-state index in [0.717, 1.165) is 31.4 Å². The van der Waals surface area contributed by atoms with Crippen LogP contribution in [0.25, 0.3) is 0 Å². The maximum absolute atomic E-state index is 10.3. The number of hydrogen-bond acceptors (Lipinski definition) is 2. The van der Waals surface area contributed by atoms with Gasteiger partial charge in [-0.1, -0.05) is 115 Å². The molecule has 1 fully saturated rings. The van der Waals surface area contributed by atoms with E-state index in [-0.39, 0.29) is 11.5 Å². The molecule has 1 aliphatic carbocycles. The molecular formula is C31H46O2. The number of unbranched alkanes of at least 4 members (excludes halogenated alkanes) is 6. The highest BCUT2D eigenvalue weighted by molar-refractivity contribution is 5.43. The molecule has 0 spiro atoms. The summed E-state index contributed by atoms with van der Waals surface area (Å²) in [5, 5.41) is 10.3. The van der Waals surface area contributed by atoms with Crippen LogP contribution < -0.4 is 4.74 Å². The summed E-state index contributed by atoms with van der Waals surface area (Å²) in [5.74, 6) is 1.41. The second-order valence-electron chi connectivity index (χ2n) is 10.8. The molecule has 2 aromatic rings. The molecule has 2 atom stereocenters. The predicted octanol–water partition coefficient (Wildman–Crippen LogP) is 8.70. The summed E-state index contributed by atoms with van der Waals surface area (Å²) in [6.07, 6.45) is 14.5. The van der Waals surface area contributed by atoms with Crippen molar-refractivity contribution < 1.29 is 9.84 Å². The molecule has 0 aliphatic heterocycles. The summed E-state index contributed by atoms with van der Waals surface area (Å²) in [7, 11) is 0. The quantitative estimate of drug-likeness (QED) is 0.309. The first kappa shape index (κ1) is 25.8. The Balaban J connectivity index is 1.69. The number of rotatable bonds is 13. The van der Waals surface area contributed by atoms with Crippen molar-refractivity contribution in [1.82, 2.24) is 0 Å². The van der Waals surface area contributed by atoms with Gasteiger partial charge in [0.05, 0.1) is 6.10 Å². The van der Waals surface area contributed by atoms with Gasteiger partial charge in [0.15, 0.2) is 0 Å². The van der Waals surface area contributed by atoms with E-state index >= 15 is 0 Å². The van der Waals surface area contributed by atoms with E-state index in [1.807, 2.05) is 6.07 Å². The van der Waals surface area contributed by atoms with Gasteiger partial charge < -0.3 is 9.84 Å². The number of aliphatic hydroxyl groups excluding tert-OH is 1. The molecular weight excluding hydrogens is 404 g/mol. The lowest BCUT2D eigenvalue weighted by atomic mass is 9.77. The maximum Gasteiger partial charge on any atom is 0.123 e. The first-order chi connectivity index (χ1) is 16.0. The Bertz CT molecular complexity index is 811. The van der Waals surface area contributed by atoms with Crippen LogP contribution in [0, 0.1) is 0 Å². The van der Waals surface area contributed by atoms with Crippen LogP contribution in [0.2, 0.25) is 0 Å². The van der Waals surface area contributed by atoms with E-state index in [1.165, 1.54) is 68.1 Å². The Morgan fingerprint density at radius 1 is 0.909 bits per heavy atom. The Morgan fingerprint density at radius 2 is 1.64 bits per heavy atom. The zero-order valence-corrected chi connectivity index (χ0v) is 21.3. The van der Waals surface area contributed by atoms with E-state index in [0.29, 0.717) is 12.5 Å². The van der Waals surface area contributed by atoms with Crippen LogP contribution >= 0.6 is 0 Å². The lowest BCUT2D eigenvalue weighted by molar-refractivity contribution is 0.118. The van der Waals surface area contributed by atoms with Gasteiger partial charge in [-0.05, 0) is 59.8 Å². The van der Waals surface area contributed by atoms with Gasteiger partial charge in [-0.25, -0.2) is 0 Å². The van der Waals surface area contributed by atoms with Gasteiger partial charge in [0, 0.05) is 0 Å². The number of ether oxygens (including phenoxy) is 1. The Morgan fingerprint density at radius 3 is 2.36 bits per heavy atom. The molecule has 0 heterocycles. The topological polar surface area (TPSA) is 29.5 Å². The second kappa shape index (κ2) is 13.2. The van der Waals surface area contributed by atoms with Crippen LogP contribution in [0.3, 0.4) is 0 Å². The average Bonchev–Trinajstić information content (AvgIpc) is 2.82. The molecule has 2 unspecified atom stereocenters. The summed E-state index contributed by atoms with van der Waals surface area (Å²) in [6.45, 7) is 7.63. The van der Waals surface area contributed by atoms with Crippen LogP contribution in [0.5, 0.6) is 5.75 Å². The molecule has 2 heteroatoms. The molecule has 0 aromatic heterocycles. The maximum atomic E-state index is 10.3. The standard InChI is InChI=1S/C31H46O2/c1-4-5-6-7-8-9-13-21-31(2,3)27-19-20-29(26-17-14-18-28(32)22-26)30(23-27)33-24-25-15-11-10-12-16-25/h10-12,15-16,19-20,23,26,28,32H,4-9,13-14,17-18,21-22,24H2,1-3H3. The van der Waals surface area contributed by atoms with E-state index in [4.69, 9.17) is 4.74 Å². The molecule has 1 N–H and O–H groups in total. The number of benzene rings is 2. The van der Waals surface area contributed by atoms with Crippen LogP contribution in [0.1, 0.15) is 120 Å². The number of hydrogen-bond donors (Lipinski definition) is 1. The van der Waals surface area contributed by atoms with Gasteiger partial charge in [0.1, 0.15) is 12.4 Å². The normalized spacial score (nSPS) is 18.9. The minimum absolute atomic E-state index is 0.138. The molecule has 2 aromatic carbocycles. The summed E-state index contributed by atoms with van der Waals surface area (Å²) in [4.78, 5) is 0. The summed E-state index contributed by atoms with van der Waals surface area (Å²) in [5.41, 5.74) is 3.98. The van der Waals surface area contributed by atoms with Gasteiger partial charge in [0.2, 0.25) is 0 Å². The molecule has 3 rings (SSSR count). The lowest BCUT2D eigenvalue weighted by Crippen LogP contribution is -2.20. The summed E-state index contributed by atoms with van der Waals surface area (Å²) in [6, 6.07) is 17.4. The van der Waals surface area contributed by atoms with Crippen LogP contribution in [-0.4, -0.2) is 11.2 Å². The van der Waals surface area contributed by atoms with Crippen LogP contribution in [-0.2, 0) is 12.0 Å². The van der Waals surface area contributed by atoms with Crippen molar-refractivity contribution in [3.05, 3.63) is 65.2 Å². The third-order valence-corrected chi connectivity index (χ3v) is 7.52. The predicted molar refractivity (Wildman–Crippen MR) is 140 cm³/mol. The van der Waals surface area contributed by atoms with Gasteiger partial charge >= 0.3 is 0 Å². The largest absolute Gasteiger partial charge is 0.489 e. The highest BCUT2D eigenvalue weighted by atomic mass is 16.5. The Kier molecular flexibility index (Phi) is 10.3. The highest BCUT2D eigenvalue weighted by Crippen LogP contribution is 2.41. The monoisotopic (exact) mass is 450 g/mol. The van der Waals surface area contributed by atoms with Gasteiger partial charge in [-0.3, -0.25) is 0 Å². The third kappa shape index (κ3) is 8.18. The first-order valence-electron chi connectivity index (χ1n) is 13.5. The van der Waals surface area contributed by atoms with Crippen molar-refractivity contribution in [1.29, 1.82) is 0 Å². The molecule has 2 nitrogen and oxygen atoms in total. The summed E-state index contributed by atoms with van der Waals surface area (Å²) >= 11 is 0. The van der Waals surface area contributed by atoms with Gasteiger partial charge in [-0.2, -0.15) is 0 Å². The fourth-order valence-electron chi connectivity index (χ4n) is 5.27. The molecule has 0 amide bonds. The molecule has 0 radical (unpaired) electrons. The number of aliphatic hydroxyl groups is 1. The van der Waals surface area contributed by atoms with Crippen molar-refractivity contribution in [3.63, 3.8) is 0 Å². The van der Waals surface area contributed by atoms with E-state index in [1.54, 1.807) is 0 Å². The first-order valence-corrected chi connectivity index (χ1v) is 13.5. The molecule has 1 aliphatic rings. The minimum atomic E-state index is -0.181. The lowest BCUT2D eigenvalue weighted by Gasteiger charge is -2.30. The third-order valence-electron chi connectivity index (χ3n) is 7.52. The van der Waals surface area contributed by atoms with E-state index in [2.05, 4.69) is 63.2 Å². The molecule has 0 saturated heterocycles. The average molecular weight is 451 g/mol. The smallest absolute Gasteiger partial charge is 0.123 e. The Labute approximate surface area is 202 Å². The van der Waals surface area contributed by atoms with Crippen molar-refractivity contribution in [2.75, 3.05) is 0 Å². The zero-order valence-electron chi connectivity index (χ0n) is 21.3. The molecule has 33 heavy (non-hydrogen) atoms. The van der Waals surface area contributed by atoms with E-state index < -0.39 is 0 Å². The molecule has 1 saturated carbocycles. The van der Waals surface area contributed by atoms with Crippen LogP contribution in [0.4, 0.5) is 0 Å². The zero-order chi connectivity index (χ0) is 23.5. The molecule has 0 bridgehead atoms. The van der Waals surface area contributed by atoms with Crippen molar-refractivity contribution in [3.8, 4) is 5.75 Å². The van der Waals surface area contributed by atoms with Gasteiger partial charge in [-0.15, -0.1) is 0 Å². The second-order valence-corrected chi connectivity index (χ2v) is 10.8. The van der Waals surface area contributed by atoms with Crippen molar-refractivity contribution in [2.45, 2.75) is 122 Å². The van der Waals surface area contributed by atoms with Crippen molar-refractivity contribution in [2.24, 2.45) is 0 Å². The van der Waals surface area contributed by atoms with E-state index in [9.17, 15) is 5.11 Å². The highest BCUT2D eigenvalue weighted by Gasteiger charge is 2.27. The fourth-order valence-corrected chi connectivity index (χ4v) is 5.27. The van der Waals surface area contributed by atoms with Crippen molar-refractivity contribution >= 4 is 0 Å². The fraction of sp³-hybridized carbons (Fsp3) is 0.613. The van der Waals surface area contributed by atoms with Crippen LogP contribution in [0.15, 0.2) is 48.5 Å². The summed E-state index contributed by atoms with van der Waals surface area (Å²) < 4.78 is 6.45. The Hall–Kier alpha value is -1.80. The SMILES string of the molecule is CCCCCCCCCC(C)(C)c1ccc(C2CCCC(O)C2)c(OCc2ccccc2)c1.